The van der Waals surface area contributed by atoms with Gasteiger partial charge in [0.05, 0.1) is 6.54 Å². The van der Waals surface area contributed by atoms with Crippen LogP contribution in [0.15, 0.2) is 29.4 Å². The predicted molar refractivity (Wildman–Crippen MR) is 89.8 cm³/mol. The van der Waals surface area contributed by atoms with Gasteiger partial charge in [0.25, 0.3) is 0 Å². The highest BCUT2D eigenvalue weighted by Crippen LogP contribution is 2.22. The number of aromatic amines is 1. The highest BCUT2D eigenvalue weighted by molar-refractivity contribution is 6.31. The first-order chi connectivity index (χ1) is 10.2. The van der Waals surface area contributed by atoms with Crippen LogP contribution in [0.3, 0.4) is 0 Å². The minimum Gasteiger partial charge on any atom is -0.361 e. The van der Waals surface area contributed by atoms with Gasteiger partial charge in [-0.25, -0.2) is 0 Å². The third-order valence-electron chi connectivity index (χ3n) is 3.08. The summed E-state index contributed by atoms with van der Waals surface area (Å²) in [6.07, 6.45) is 8.10. The van der Waals surface area contributed by atoms with Crippen LogP contribution in [0.5, 0.6) is 0 Å². The second kappa shape index (κ2) is 7.61. The first kappa shape index (κ1) is 15.3. The number of rotatable bonds is 5. The van der Waals surface area contributed by atoms with Gasteiger partial charge in [-0.1, -0.05) is 17.5 Å². The molecule has 0 aliphatic carbocycles. The van der Waals surface area contributed by atoms with E-state index in [-0.39, 0.29) is 0 Å². The van der Waals surface area contributed by atoms with Crippen molar-refractivity contribution in [1.29, 1.82) is 0 Å². The Morgan fingerprint density at radius 3 is 3.05 bits per heavy atom. The molecule has 0 spiro atoms. The van der Waals surface area contributed by atoms with E-state index in [0.717, 1.165) is 34.9 Å². The van der Waals surface area contributed by atoms with Gasteiger partial charge >= 0.3 is 0 Å². The fraction of sp³-hybridized carbons (Fsp3) is 0.312. The molecule has 0 radical (unpaired) electrons. The van der Waals surface area contributed by atoms with E-state index in [1.54, 1.807) is 0 Å². The number of halogens is 1. The summed E-state index contributed by atoms with van der Waals surface area (Å²) in [5.41, 5.74) is 2.31. The molecule has 0 saturated heterocycles. The Bertz CT molecular complexity index is 666. The number of nitrogens with zero attached hydrogens (tertiary/aromatic N) is 1. The summed E-state index contributed by atoms with van der Waals surface area (Å²) >= 11 is 6.05. The normalized spacial score (nSPS) is 11.4. The van der Waals surface area contributed by atoms with Gasteiger partial charge in [-0.05, 0) is 37.1 Å². The number of fused-ring (bicyclic) bond motifs is 1. The van der Waals surface area contributed by atoms with Crippen LogP contribution in [0.4, 0.5) is 0 Å². The molecule has 21 heavy (non-hydrogen) atoms. The molecule has 0 fully saturated rings. The molecule has 1 aromatic heterocycles. The van der Waals surface area contributed by atoms with Gasteiger partial charge in [0.15, 0.2) is 5.96 Å². The molecule has 110 valence electrons. The number of aromatic nitrogens is 1. The molecule has 0 amide bonds. The molecule has 0 aliphatic rings. The molecular weight excluding hydrogens is 284 g/mol. The Labute approximate surface area is 130 Å². The predicted octanol–water partition coefficient (Wildman–Crippen LogP) is 2.55. The molecule has 4 nitrogen and oxygen atoms in total. The Morgan fingerprint density at radius 2 is 2.29 bits per heavy atom. The van der Waals surface area contributed by atoms with E-state index in [1.807, 2.05) is 31.3 Å². The second-order valence-electron chi connectivity index (χ2n) is 4.57. The summed E-state index contributed by atoms with van der Waals surface area (Å²) in [6.45, 7) is 3.97. The quantitative estimate of drug-likeness (QED) is 0.452. The summed E-state index contributed by atoms with van der Waals surface area (Å²) in [4.78, 5) is 7.76. The van der Waals surface area contributed by atoms with Crippen molar-refractivity contribution in [2.75, 3.05) is 19.6 Å². The Kier molecular flexibility index (Phi) is 5.53. The SMILES string of the molecule is C#CCNC(=NCCc1c[nH]c2ccc(Cl)cc12)NCC. The number of nitrogens with one attached hydrogen (secondary N) is 3. The number of terminal acetylenes is 1. The lowest BCUT2D eigenvalue weighted by atomic mass is 10.1. The van der Waals surface area contributed by atoms with Crippen LogP contribution < -0.4 is 10.6 Å². The average molecular weight is 303 g/mol. The Morgan fingerprint density at radius 1 is 1.43 bits per heavy atom. The summed E-state index contributed by atoms with van der Waals surface area (Å²) in [7, 11) is 0. The standard InChI is InChI=1S/C16H19ClN4/c1-3-8-19-16(18-4-2)20-9-7-12-11-21-15-6-5-13(17)10-14(12)15/h1,5-6,10-11,21H,4,7-9H2,2H3,(H2,18,19,20). The number of aliphatic imine (C=N–C) groups is 1. The van der Waals surface area contributed by atoms with Crippen molar-refractivity contribution in [3.63, 3.8) is 0 Å². The van der Waals surface area contributed by atoms with Gasteiger partial charge in [0.2, 0.25) is 0 Å². The Hall–Kier alpha value is -2.12. The topological polar surface area (TPSA) is 52.2 Å². The number of hydrogen-bond acceptors (Lipinski definition) is 1. The maximum atomic E-state index is 6.05. The zero-order chi connectivity index (χ0) is 15.1. The van der Waals surface area contributed by atoms with Crippen LogP contribution in [0.1, 0.15) is 12.5 Å². The minimum atomic E-state index is 0.467. The number of hydrogen-bond donors (Lipinski definition) is 3. The molecule has 2 aromatic rings. The van der Waals surface area contributed by atoms with Crippen LogP contribution >= 0.6 is 11.6 Å². The van der Waals surface area contributed by atoms with Gasteiger partial charge in [-0.15, -0.1) is 6.42 Å². The van der Waals surface area contributed by atoms with Crippen LogP contribution in [-0.4, -0.2) is 30.6 Å². The van der Waals surface area contributed by atoms with Gasteiger partial charge in [0, 0.05) is 35.2 Å². The first-order valence-corrected chi connectivity index (χ1v) is 7.33. The number of benzene rings is 1. The maximum Gasteiger partial charge on any atom is 0.192 e. The second-order valence-corrected chi connectivity index (χ2v) is 5.01. The van der Waals surface area contributed by atoms with E-state index in [4.69, 9.17) is 18.0 Å². The van der Waals surface area contributed by atoms with Gasteiger partial charge in [0.1, 0.15) is 0 Å². The average Bonchev–Trinajstić information content (AvgIpc) is 2.87. The van der Waals surface area contributed by atoms with E-state index >= 15 is 0 Å². The van der Waals surface area contributed by atoms with Crippen LogP contribution in [0.2, 0.25) is 5.02 Å². The largest absolute Gasteiger partial charge is 0.361 e. The Balaban J connectivity index is 2.03. The third kappa shape index (κ3) is 4.17. The van der Waals surface area contributed by atoms with Crippen molar-refractivity contribution in [3.8, 4) is 12.3 Å². The van der Waals surface area contributed by atoms with E-state index in [2.05, 4.69) is 26.5 Å². The molecule has 0 aliphatic heterocycles. The molecule has 5 heteroatoms. The van der Waals surface area contributed by atoms with Gasteiger partial charge in [-0.3, -0.25) is 4.99 Å². The fourth-order valence-electron chi connectivity index (χ4n) is 2.12. The summed E-state index contributed by atoms with van der Waals surface area (Å²) in [5, 5.41) is 8.13. The van der Waals surface area contributed by atoms with Crippen LogP contribution in [-0.2, 0) is 6.42 Å². The monoisotopic (exact) mass is 302 g/mol. The summed E-state index contributed by atoms with van der Waals surface area (Å²) in [5.74, 6) is 3.28. The van der Waals surface area contributed by atoms with Crippen molar-refractivity contribution >= 4 is 28.5 Å². The van der Waals surface area contributed by atoms with Crippen molar-refractivity contribution < 1.29 is 0 Å². The van der Waals surface area contributed by atoms with E-state index in [0.29, 0.717) is 13.1 Å². The zero-order valence-corrected chi connectivity index (χ0v) is 12.8. The summed E-state index contributed by atoms with van der Waals surface area (Å²) in [6, 6.07) is 5.85. The molecule has 2 rings (SSSR count). The van der Waals surface area contributed by atoms with E-state index < -0.39 is 0 Å². The zero-order valence-electron chi connectivity index (χ0n) is 12.0. The van der Waals surface area contributed by atoms with Crippen LogP contribution in [0, 0.1) is 12.3 Å². The van der Waals surface area contributed by atoms with E-state index in [9.17, 15) is 0 Å². The number of guanidine groups is 1. The fourth-order valence-corrected chi connectivity index (χ4v) is 2.29. The lowest BCUT2D eigenvalue weighted by molar-refractivity contribution is 0.857. The third-order valence-corrected chi connectivity index (χ3v) is 3.32. The van der Waals surface area contributed by atoms with Crippen LogP contribution in [0.25, 0.3) is 10.9 Å². The molecule has 1 heterocycles. The first-order valence-electron chi connectivity index (χ1n) is 6.95. The molecule has 0 saturated carbocycles. The number of H-pyrrole nitrogens is 1. The minimum absolute atomic E-state index is 0.467. The molecule has 0 bridgehead atoms. The van der Waals surface area contributed by atoms with Crippen molar-refractivity contribution in [2.45, 2.75) is 13.3 Å². The highest BCUT2D eigenvalue weighted by atomic mass is 35.5. The molecule has 3 N–H and O–H groups in total. The summed E-state index contributed by atoms with van der Waals surface area (Å²) < 4.78 is 0. The molecule has 0 unspecified atom stereocenters. The van der Waals surface area contributed by atoms with Crippen molar-refractivity contribution in [3.05, 3.63) is 35.0 Å². The van der Waals surface area contributed by atoms with Crippen molar-refractivity contribution in [1.82, 2.24) is 15.6 Å². The maximum absolute atomic E-state index is 6.05. The van der Waals surface area contributed by atoms with Crippen molar-refractivity contribution in [2.24, 2.45) is 4.99 Å². The molecular formula is C16H19ClN4. The smallest absolute Gasteiger partial charge is 0.192 e. The lowest BCUT2D eigenvalue weighted by Gasteiger charge is -2.08. The van der Waals surface area contributed by atoms with Gasteiger partial charge < -0.3 is 15.6 Å². The van der Waals surface area contributed by atoms with Gasteiger partial charge in [-0.2, -0.15) is 0 Å². The highest BCUT2D eigenvalue weighted by Gasteiger charge is 2.04. The van der Waals surface area contributed by atoms with E-state index in [1.165, 1.54) is 5.56 Å². The lowest BCUT2D eigenvalue weighted by Crippen LogP contribution is -2.37. The molecule has 1 aromatic carbocycles. The molecule has 0 atom stereocenters.